The van der Waals surface area contributed by atoms with E-state index in [4.69, 9.17) is 0 Å². The number of hydrogen-bond donors (Lipinski definition) is 1. The van der Waals surface area contributed by atoms with Gasteiger partial charge in [0.25, 0.3) is 0 Å². The number of nitrogens with zero attached hydrogens (tertiary/aromatic N) is 2. The molecule has 2 rings (SSSR count). The first-order valence-corrected chi connectivity index (χ1v) is 9.04. The molecule has 2 amide bonds. The normalized spacial score (nSPS) is 19.4. The molecule has 20 heavy (non-hydrogen) atoms. The minimum atomic E-state index is 0.0721. The molecule has 1 atom stereocenters. The lowest BCUT2D eigenvalue weighted by atomic mass is 10.1. The van der Waals surface area contributed by atoms with Crippen LogP contribution in [0.2, 0.25) is 0 Å². The third-order valence-corrected chi connectivity index (χ3v) is 5.81. The van der Waals surface area contributed by atoms with Crippen molar-refractivity contribution in [2.45, 2.75) is 32.4 Å². The summed E-state index contributed by atoms with van der Waals surface area (Å²) in [6.07, 6.45) is 0.812. The Morgan fingerprint density at radius 3 is 3.05 bits per heavy atom. The molecule has 2 heterocycles. The van der Waals surface area contributed by atoms with Crippen molar-refractivity contribution in [3.63, 3.8) is 0 Å². The highest BCUT2D eigenvalue weighted by atomic mass is 32.2. The maximum Gasteiger partial charge on any atom is 0.317 e. The van der Waals surface area contributed by atoms with Gasteiger partial charge in [-0.3, -0.25) is 0 Å². The zero-order chi connectivity index (χ0) is 14.5. The van der Waals surface area contributed by atoms with Gasteiger partial charge in [-0.1, -0.05) is 13.8 Å². The number of amides is 2. The first-order valence-electron chi connectivity index (χ1n) is 7.11. The third-order valence-electron chi connectivity index (χ3n) is 3.45. The maximum atomic E-state index is 12.1. The molecule has 0 saturated carbocycles. The zero-order valence-electron chi connectivity index (χ0n) is 12.4. The maximum absolute atomic E-state index is 12.1. The topological polar surface area (TPSA) is 45.2 Å². The number of rotatable bonds is 4. The molecule has 6 heteroatoms. The van der Waals surface area contributed by atoms with Crippen LogP contribution in [0.5, 0.6) is 0 Å². The van der Waals surface area contributed by atoms with E-state index in [9.17, 15) is 4.79 Å². The molecule has 1 aliphatic heterocycles. The Morgan fingerprint density at radius 2 is 2.40 bits per heavy atom. The van der Waals surface area contributed by atoms with Gasteiger partial charge in [0, 0.05) is 42.4 Å². The standard InChI is InChI=1S/C14H23N3OS2/c1-10(2)13-8-17(6-7-19-13)14(18)15-5-4-12-9-20-11(3)16-12/h9-10,13H,4-8H2,1-3H3,(H,15,18)/t13-/m0/s1. The van der Waals surface area contributed by atoms with Gasteiger partial charge in [-0.15, -0.1) is 11.3 Å². The Kier molecular flexibility index (Phi) is 5.72. The number of hydrogen-bond acceptors (Lipinski definition) is 4. The van der Waals surface area contributed by atoms with Gasteiger partial charge in [0.1, 0.15) is 0 Å². The molecule has 1 fully saturated rings. The molecule has 112 valence electrons. The highest BCUT2D eigenvalue weighted by Crippen LogP contribution is 2.24. The van der Waals surface area contributed by atoms with E-state index < -0.39 is 0 Å². The monoisotopic (exact) mass is 313 g/mol. The molecule has 0 aliphatic carbocycles. The summed E-state index contributed by atoms with van der Waals surface area (Å²) in [6.45, 7) is 8.84. The smallest absolute Gasteiger partial charge is 0.317 e. The fourth-order valence-electron chi connectivity index (χ4n) is 2.20. The van der Waals surface area contributed by atoms with E-state index in [1.807, 2.05) is 23.6 Å². The van der Waals surface area contributed by atoms with Crippen LogP contribution in [0.1, 0.15) is 24.5 Å². The van der Waals surface area contributed by atoms with Gasteiger partial charge >= 0.3 is 6.03 Å². The summed E-state index contributed by atoms with van der Waals surface area (Å²) in [5.41, 5.74) is 1.07. The van der Waals surface area contributed by atoms with Crippen molar-refractivity contribution in [2.24, 2.45) is 5.92 Å². The second-order valence-electron chi connectivity index (χ2n) is 5.44. The molecule has 1 aliphatic rings. The van der Waals surface area contributed by atoms with Crippen molar-refractivity contribution in [1.29, 1.82) is 0 Å². The summed E-state index contributed by atoms with van der Waals surface area (Å²) in [5.74, 6) is 1.66. The van der Waals surface area contributed by atoms with E-state index in [1.54, 1.807) is 11.3 Å². The van der Waals surface area contributed by atoms with Gasteiger partial charge in [-0.05, 0) is 12.8 Å². The Hall–Kier alpha value is -0.750. The second-order valence-corrected chi connectivity index (χ2v) is 7.85. The summed E-state index contributed by atoms with van der Waals surface area (Å²) >= 11 is 3.64. The molecule has 1 saturated heterocycles. The Balaban J connectivity index is 1.74. The summed E-state index contributed by atoms with van der Waals surface area (Å²) < 4.78 is 0. The van der Waals surface area contributed by atoms with Crippen LogP contribution in [0.3, 0.4) is 0 Å². The van der Waals surface area contributed by atoms with Crippen LogP contribution in [-0.4, -0.2) is 46.6 Å². The van der Waals surface area contributed by atoms with Gasteiger partial charge in [0.15, 0.2) is 0 Å². The first kappa shape index (κ1) is 15.6. The Bertz CT molecular complexity index is 447. The number of thioether (sulfide) groups is 1. The van der Waals surface area contributed by atoms with Gasteiger partial charge in [-0.2, -0.15) is 11.8 Å². The Morgan fingerprint density at radius 1 is 1.60 bits per heavy atom. The summed E-state index contributed by atoms with van der Waals surface area (Å²) in [5, 5.41) is 6.72. The number of nitrogens with one attached hydrogen (secondary N) is 1. The van der Waals surface area contributed by atoms with Crippen LogP contribution in [0.25, 0.3) is 0 Å². The molecular formula is C14H23N3OS2. The Labute approximate surface area is 129 Å². The average molecular weight is 313 g/mol. The lowest BCUT2D eigenvalue weighted by molar-refractivity contribution is 0.197. The van der Waals surface area contributed by atoms with E-state index in [1.165, 1.54) is 0 Å². The molecule has 0 aromatic carbocycles. The largest absolute Gasteiger partial charge is 0.338 e. The van der Waals surface area contributed by atoms with Gasteiger partial charge < -0.3 is 10.2 Å². The fraction of sp³-hybridized carbons (Fsp3) is 0.714. The molecule has 1 N–H and O–H groups in total. The van der Waals surface area contributed by atoms with Crippen LogP contribution in [0.4, 0.5) is 4.79 Å². The first-order chi connectivity index (χ1) is 9.56. The van der Waals surface area contributed by atoms with E-state index in [0.717, 1.165) is 36.0 Å². The summed E-state index contributed by atoms with van der Waals surface area (Å²) in [7, 11) is 0. The van der Waals surface area contributed by atoms with E-state index in [2.05, 4.69) is 29.5 Å². The lowest BCUT2D eigenvalue weighted by Crippen LogP contribution is -2.48. The van der Waals surface area contributed by atoms with Crippen LogP contribution in [0, 0.1) is 12.8 Å². The average Bonchev–Trinajstić information content (AvgIpc) is 2.84. The molecule has 0 spiro atoms. The quantitative estimate of drug-likeness (QED) is 0.929. The van der Waals surface area contributed by atoms with Crippen LogP contribution in [-0.2, 0) is 6.42 Å². The summed E-state index contributed by atoms with van der Waals surface area (Å²) in [6, 6.07) is 0.0721. The zero-order valence-corrected chi connectivity index (χ0v) is 14.0. The number of aryl methyl sites for hydroxylation is 1. The predicted molar refractivity (Wildman–Crippen MR) is 86.6 cm³/mol. The molecule has 4 nitrogen and oxygen atoms in total. The van der Waals surface area contributed by atoms with E-state index >= 15 is 0 Å². The van der Waals surface area contributed by atoms with Crippen LogP contribution >= 0.6 is 23.1 Å². The summed E-state index contributed by atoms with van der Waals surface area (Å²) in [4.78, 5) is 18.5. The number of thiazole rings is 1. The minimum absolute atomic E-state index is 0.0721. The second kappa shape index (κ2) is 7.31. The van der Waals surface area contributed by atoms with E-state index in [0.29, 0.717) is 17.7 Å². The highest BCUT2D eigenvalue weighted by Gasteiger charge is 2.25. The lowest BCUT2D eigenvalue weighted by Gasteiger charge is -2.34. The van der Waals surface area contributed by atoms with Gasteiger partial charge in [-0.25, -0.2) is 9.78 Å². The van der Waals surface area contributed by atoms with Crippen molar-refractivity contribution in [2.75, 3.05) is 25.4 Å². The minimum Gasteiger partial charge on any atom is -0.338 e. The highest BCUT2D eigenvalue weighted by molar-refractivity contribution is 8.00. The number of carbonyl (C=O) groups excluding carboxylic acids is 1. The number of aromatic nitrogens is 1. The van der Waals surface area contributed by atoms with Crippen LogP contribution in [0.15, 0.2) is 5.38 Å². The van der Waals surface area contributed by atoms with Crippen molar-refractivity contribution in [3.05, 3.63) is 16.1 Å². The molecule has 1 aromatic rings. The molecule has 0 unspecified atom stereocenters. The molecule has 0 bridgehead atoms. The molecule has 1 aromatic heterocycles. The number of urea groups is 1. The third kappa shape index (κ3) is 4.38. The van der Waals surface area contributed by atoms with Crippen LogP contribution < -0.4 is 5.32 Å². The van der Waals surface area contributed by atoms with Gasteiger partial charge in [0.2, 0.25) is 0 Å². The fourth-order valence-corrected chi connectivity index (χ4v) is 4.14. The molecular weight excluding hydrogens is 290 g/mol. The number of carbonyl (C=O) groups is 1. The predicted octanol–water partition coefficient (Wildman–Crippen LogP) is 2.78. The SMILES string of the molecule is Cc1nc(CCNC(=O)N2CCS[C@H](C(C)C)C2)cs1. The van der Waals surface area contributed by atoms with Crippen molar-refractivity contribution < 1.29 is 4.79 Å². The van der Waals surface area contributed by atoms with Crippen molar-refractivity contribution in [3.8, 4) is 0 Å². The van der Waals surface area contributed by atoms with Crippen molar-refractivity contribution >= 4 is 29.1 Å². The molecule has 0 radical (unpaired) electrons. The van der Waals surface area contributed by atoms with Crippen molar-refractivity contribution in [1.82, 2.24) is 15.2 Å². The van der Waals surface area contributed by atoms with E-state index in [-0.39, 0.29) is 6.03 Å². The van der Waals surface area contributed by atoms with Gasteiger partial charge in [0.05, 0.1) is 10.7 Å².